The summed E-state index contributed by atoms with van der Waals surface area (Å²) in [6.45, 7) is 7.80. The number of piperidine rings is 1. The summed E-state index contributed by atoms with van der Waals surface area (Å²) < 4.78 is 10.1. The van der Waals surface area contributed by atoms with Gasteiger partial charge in [-0.05, 0) is 64.7 Å². The van der Waals surface area contributed by atoms with E-state index < -0.39 is 23.7 Å². The number of carbonyl (C=O) groups is 3. The Hall–Kier alpha value is -2.57. The van der Waals surface area contributed by atoms with E-state index in [9.17, 15) is 14.4 Å². The zero-order valence-corrected chi connectivity index (χ0v) is 17.3. The number of nitrogens with zero attached hydrogens (tertiary/aromatic N) is 1. The highest BCUT2D eigenvalue weighted by molar-refractivity contribution is 5.89. The van der Waals surface area contributed by atoms with Crippen molar-refractivity contribution in [3.05, 3.63) is 35.4 Å². The van der Waals surface area contributed by atoms with Crippen LogP contribution in [0.4, 0.5) is 4.79 Å². The van der Waals surface area contributed by atoms with Gasteiger partial charge in [-0.15, -0.1) is 0 Å². The highest BCUT2D eigenvalue weighted by Crippen LogP contribution is 2.22. The molecule has 1 saturated heterocycles. The molecular weight excluding hydrogens is 360 g/mol. The molecule has 0 radical (unpaired) electrons. The average Bonchev–Trinajstić information content (AvgIpc) is 2.66. The van der Waals surface area contributed by atoms with Crippen LogP contribution in [0.25, 0.3) is 0 Å². The molecule has 1 aromatic rings. The average molecular weight is 390 g/mol. The molecule has 2 atom stereocenters. The SMILES string of the molecule is COC(=O)c1ccc([C@H](C)NC(=O)C2CCCCN2C(=O)OC(C)(C)C)cc1. The van der Waals surface area contributed by atoms with Gasteiger partial charge in [-0.2, -0.15) is 0 Å². The quantitative estimate of drug-likeness (QED) is 0.796. The van der Waals surface area contributed by atoms with Crippen LogP contribution < -0.4 is 5.32 Å². The number of hydrogen-bond donors (Lipinski definition) is 1. The van der Waals surface area contributed by atoms with Crippen LogP contribution in [-0.4, -0.2) is 48.2 Å². The van der Waals surface area contributed by atoms with Crippen LogP contribution >= 0.6 is 0 Å². The maximum Gasteiger partial charge on any atom is 0.410 e. The molecule has 1 aromatic carbocycles. The predicted molar refractivity (Wildman–Crippen MR) is 105 cm³/mol. The molecule has 2 rings (SSSR count). The summed E-state index contributed by atoms with van der Waals surface area (Å²) in [5, 5.41) is 2.97. The molecule has 0 saturated carbocycles. The highest BCUT2D eigenvalue weighted by atomic mass is 16.6. The molecule has 1 aliphatic heterocycles. The van der Waals surface area contributed by atoms with Gasteiger partial charge in [0.25, 0.3) is 0 Å². The Morgan fingerprint density at radius 1 is 1.14 bits per heavy atom. The number of esters is 1. The van der Waals surface area contributed by atoms with E-state index in [-0.39, 0.29) is 11.9 Å². The maximum absolute atomic E-state index is 12.8. The van der Waals surface area contributed by atoms with Crippen LogP contribution in [0, 0.1) is 0 Å². The third kappa shape index (κ3) is 5.71. The predicted octanol–water partition coefficient (Wildman–Crippen LogP) is 3.44. The molecule has 28 heavy (non-hydrogen) atoms. The number of hydrogen-bond acceptors (Lipinski definition) is 5. The van der Waals surface area contributed by atoms with Crippen LogP contribution in [0.3, 0.4) is 0 Å². The smallest absolute Gasteiger partial charge is 0.410 e. The fourth-order valence-corrected chi connectivity index (χ4v) is 3.16. The molecule has 7 heteroatoms. The minimum absolute atomic E-state index is 0.199. The van der Waals surface area contributed by atoms with E-state index in [4.69, 9.17) is 9.47 Å². The van der Waals surface area contributed by atoms with Gasteiger partial charge in [-0.25, -0.2) is 9.59 Å². The fraction of sp³-hybridized carbons (Fsp3) is 0.571. The first kappa shape index (κ1) is 21.7. The first-order valence-electron chi connectivity index (χ1n) is 9.60. The normalized spacial score (nSPS) is 18.2. The zero-order valence-electron chi connectivity index (χ0n) is 17.3. The number of benzene rings is 1. The van der Waals surface area contributed by atoms with Crippen molar-refractivity contribution in [1.29, 1.82) is 0 Å². The first-order chi connectivity index (χ1) is 13.1. The topological polar surface area (TPSA) is 84.9 Å². The summed E-state index contributed by atoms with van der Waals surface area (Å²) in [5.41, 5.74) is 0.707. The van der Waals surface area contributed by atoms with Crippen molar-refractivity contribution < 1.29 is 23.9 Å². The van der Waals surface area contributed by atoms with Gasteiger partial charge in [0.1, 0.15) is 11.6 Å². The minimum Gasteiger partial charge on any atom is -0.465 e. The van der Waals surface area contributed by atoms with Crippen molar-refractivity contribution in [3.8, 4) is 0 Å². The molecular formula is C21H30N2O5. The molecule has 1 unspecified atom stereocenters. The summed E-state index contributed by atoms with van der Waals surface area (Å²) in [6.07, 6.45) is 1.90. The van der Waals surface area contributed by atoms with Gasteiger partial charge in [0.2, 0.25) is 5.91 Å². The number of likely N-dealkylation sites (tertiary alicyclic amines) is 1. The van der Waals surface area contributed by atoms with Gasteiger partial charge >= 0.3 is 12.1 Å². The van der Waals surface area contributed by atoms with E-state index in [1.54, 1.807) is 24.3 Å². The van der Waals surface area contributed by atoms with E-state index in [0.29, 0.717) is 18.5 Å². The number of methoxy groups -OCH3 is 1. The number of amides is 2. The lowest BCUT2D eigenvalue weighted by Crippen LogP contribution is -2.53. The third-order valence-electron chi connectivity index (χ3n) is 4.62. The van der Waals surface area contributed by atoms with Crippen LogP contribution in [0.15, 0.2) is 24.3 Å². The van der Waals surface area contributed by atoms with Crippen LogP contribution in [0.2, 0.25) is 0 Å². The Balaban J connectivity index is 2.04. The lowest BCUT2D eigenvalue weighted by atomic mass is 10.0. The Kier molecular flexibility index (Phi) is 7.05. The third-order valence-corrected chi connectivity index (χ3v) is 4.62. The number of carbonyl (C=O) groups excluding carboxylic acids is 3. The lowest BCUT2D eigenvalue weighted by molar-refractivity contribution is -0.128. The van der Waals surface area contributed by atoms with Crippen molar-refractivity contribution in [2.45, 2.75) is 64.6 Å². The second kappa shape index (κ2) is 9.08. The molecule has 1 heterocycles. The molecule has 0 aliphatic carbocycles. The van der Waals surface area contributed by atoms with Gasteiger partial charge in [-0.1, -0.05) is 12.1 Å². The molecule has 0 spiro atoms. The standard InChI is InChI=1S/C21H30N2O5/c1-14(15-9-11-16(12-10-15)19(25)27-5)22-18(24)17-8-6-7-13-23(17)20(26)28-21(2,3)4/h9-12,14,17H,6-8,13H2,1-5H3,(H,22,24)/t14-,17?/m0/s1. The van der Waals surface area contributed by atoms with Crippen molar-refractivity contribution in [1.82, 2.24) is 10.2 Å². The summed E-state index contributed by atoms with van der Waals surface area (Å²) in [4.78, 5) is 38.4. The first-order valence-corrected chi connectivity index (χ1v) is 9.60. The molecule has 7 nitrogen and oxygen atoms in total. The summed E-state index contributed by atoms with van der Waals surface area (Å²) in [7, 11) is 1.33. The molecule has 154 valence electrons. The van der Waals surface area contributed by atoms with Gasteiger partial charge < -0.3 is 14.8 Å². The molecule has 0 bridgehead atoms. The Morgan fingerprint density at radius 2 is 1.79 bits per heavy atom. The Labute approximate surface area is 166 Å². The van der Waals surface area contributed by atoms with E-state index >= 15 is 0 Å². The Morgan fingerprint density at radius 3 is 2.36 bits per heavy atom. The van der Waals surface area contributed by atoms with Crippen molar-refractivity contribution >= 4 is 18.0 Å². The Bertz CT molecular complexity index is 709. The van der Waals surface area contributed by atoms with Gasteiger partial charge in [0.15, 0.2) is 0 Å². The van der Waals surface area contributed by atoms with Crippen LogP contribution in [-0.2, 0) is 14.3 Å². The van der Waals surface area contributed by atoms with Gasteiger partial charge in [0, 0.05) is 6.54 Å². The minimum atomic E-state index is -0.607. The molecule has 1 aliphatic rings. The number of nitrogens with one attached hydrogen (secondary N) is 1. The summed E-state index contributed by atoms with van der Waals surface area (Å²) in [6, 6.07) is 6.09. The maximum atomic E-state index is 12.8. The number of rotatable bonds is 4. The van der Waals surface area contributed by atoms with Crippen molar-refractivity contribution in [2.24, 2.45) is 0 Å². The van der Waals surface area contributed by atoms with E-state index in [2.05, 4.69) is 5.32 Å². The second-order valence-corrected chi connectivity index (χ2v) is 8.03. The summed E-state index contributed by atoms with van der Waals surface area (Å²) in [5.74, 6) is -0.603. The fourth-order valence-electron chi connectivity index (χ4n) is 3.16. The largest absolute Gasteiger partial charge is 0.465 e. The molecule has 1 fully saturated rings. The van der Waals surface area contributed by atoms with E-state index in [0.717, 1.165) is 18.4 Å². The van der Waals surface area contributed by atoms with E-state index in [1.807, 2.05) is 27.7 Å². The monoisotopic (exact) mass is 390 g/mol. The van der Waals surface area contributed by atoms with Crippen molar-refractivity contribution in [3.63, 3.8) is 0 Å². The van der Waals surface area contributed by atoms with Crippen LogP contribution in [0.1, 0.15) is 68.9 Å². The van der Waals surface area contributed by atoms with Crippen LogP contribution in [0.5, 0.6) is 0 Å². The number of ether oxygens (including phenoxy) is 2. The second-order valence-electron chi connectivity index (χ2n) is 8.03. The molecule has 1 N–H and O–H groups in total. The van der Waals surface area contributed by atoms with Crippen molar-refractivity contribution in [2.75, 3.05) is 13.7 Å². The lowest BCUT2D eigenvalue weighted by Gasteiger charge is -2.36. The zero-order chi connectivity index (χ0) is 20.9. The summed E-state index contributed by atoms with van der Waals surface area (Å²) >= 11 is 0. The molecule has 0 aromatic heterocycles. The molecule has 2 amide bonds. The van der Waals surface area contributed by atoms with Gasteiger partial charge in [-0.3, -0.25) is 9.69 Å². The van der Waals surface area contributed by atoms with E-state index in [1.165, 1.54) is 12.0 Å². The van der Waals surface area contributed by atoms with Gasteiger partial charge in [0.05, 0.1) is 18.7 Å². The highest BCUT2D eigenvalue weighted by Gasteiger charge is 2.35.